The summed E-state index contributed by atoms with van der Waals surface area (Å²) in [7, 11) is 1.67. The van der Waals surface area contributed by atoms with Crippen LogP contribution < -0.4 is 10.1 Å². The molecule has 1 aromatic carbocycles. The Hall–Kier alpha value is -1.97. The van der Waals surface area contributed by atoms with Crippen molar-refractivity contribution >= 4 is 5.95 Å². The quantitative estimate of drug-likeness (QED) is 0.806. The number of hydrogen-bond donors (Lipinski definition) is 2. The fraction of sp³-hybridized carbons (Fsp3) is 0.250. The van der Waals surface area contributed by atoms with Crippen LogP contribution in [0.1, 0.15) is 5.56 Å². The van der Waals surface area contributed by atoms with Crippen molar-refractivity contribution in [2.24, 2.45) is 0 Å². The lowest BCUT2D eigenvalue weighted by atomic mass is 10.1. The average molecular weight is 217 g/mol. The van der Waals surface area contributed by atoms with Crippen molar-refractivity contribution in [1.29, 1.82) is 0 Å². The number of nitrogens with zero attached hydrogens (tertiary/aromatic N) is 1. The lowest BCUT2D eigenvalue weighted by molar-refractivity contribution is 0.414. The van der Waals surface area contributed by atoms with Crippen molar-refractivity contribution < 1.29 is 4.74 Å². The highest BCUT2D eigenvalue weighted by atomic mass is 16.5. The predicted molar refractivity (Wildman–Crippen MR) is 63.8 cm³/mol. The molecule has 2 N–H and O–H groups in total. The third-order valence-corrected chi connectivity index (χ3v) is 2.36. The van der Waals surface area contributed by atoms with Gasteiger partial charge in [-0.05, 0) is 24.1 Å². The van der Waals surface area contributed by atoms with E-state index in [1.54, 1.807) is 19.5 Å². The van der Waals surface area contributed by atoms with Crippen molar-refractivity contribution in [3.8, 4) is 5.75 Å². The Kier molecular flexibility index (Phi) is 3.43. The van der Waals surface area contributed by atoms with Crippen LogP contribution in [0.4, 0.5) is 5.95 Å². The number of aromatic amines is 1. The summed E-state index contributed by atoms with van der Waals surface area (Å²) < 4.78 is 5.10. The number of imidazole rings is 1. The fourth-order valence-corrected chi connectivity index (χ4v) is 1.48. The number of anilines is 1. The first-order valence-corrected chi connectivity index (χ1v) is 5.24. The first kappa shape index (κ1) is 10.5. The predicted octanol–water partition coefficient (Wildman–Crippen LogP) is 2.07. The second-order valence-electron chi connectivity index (χ2n) is 3.46. The molecular formula is C12H15N3O. The van der Waals surface area contributed by atoms with Crippen LogP contribution >= 0.6 is 0 Å². The zero-order valence-electron chi connectivity index (χ0n) is 9.23. The van der Waals surface area contributed by atoms with E-state index in [0.29, 0.717) is 0 Å². The van der Waals surface area contributed by atoms with Crippen LogP contribution in [0.25, 0.3) is 0 Å². The Balaban J connectivity index is 1.81. The van der Waals surface area contributed by atoms with Gasteiger partial charge in [0.25, 0.3) is 0 Å². The van der Waals surface area contributed by atoms with Gasteiger partial charge in [0.05, 0.1) is 7.11 Å². The molecule has 0 spiro atoms. The van der Waals surface area contributed by atoms with E-state index >= 15 is 0 Å². The van der Waals surface area contributed by atoms with Gasteiger partial charge in [0.1, 0.15) is 5.75 Å². The number of methoxy groups -OCH3 is 1. The molecule has 0 bridgehead atoms. The van der Waals surface area contributed by atoms with E-state index in [9.17, 15) is 0 Å². The molecule has 0 aliphatic heterocycles. The number of H-pyrrole nitrogens is 1. The van der Waals surface area contributed by atoms with E-state index in [-0.39, 0.29) is 0 Å². The van der Waals surface area contributed by atoms with E-state index in [1.165, 1.54) is 5.56 Å². The van der Waals surface area contributed by atoms with Crippen molar-refractivity contribution in [2.45, 2.75) is 6.42 Å². The van der Waals surface area contributed by atoms with Gasteiger partial charge >= 0.3 is 0 Å². The molecule has 0 unspecified atom stereocenters. The number of hydrogen-bond acceptors (Lipinski definition) is 3. The highest BCUT2D eigenvalue weighted by molar-refractivity contribution is 5.28. The van der Waals surface area contributed by atoms with Crippen LogP contribution in [0.15, 0.2) is 36.7 Å². The van der Waals surface area contributed by atoms with Gasteiger partial charge < -0.3 is 15.0 Å². The summed E-state index contributed by atoms with van der Waals surface area (Å²) in [5.41, 5.74) is 1.28. The van der Waals surface area contributed by atoms with Gasteiger partial charge in [-0.2, -0.15) is 0 Å². The third kappa shape index (κ3) is 2.76. The molecule has 4 nitrogen and oxygen atoms in total. The van der Waals surface area contributed by atoms with Crippen LogP contribution in [0.5, 0.6) is 5.75 Å². The van der Waals surface area contributed by atoms with Crippen molar-refractivity contribution in [3.63, 3.8) is 0 Å². The fourth-order valence-electron chi connectivity index (χ4n) is 1.48. The largest absolute Gasteiger partial charge is 0.497 e. The summed E-state index contributed by atoms with van der Waals surface area (Å²) in [6.45, 7) is 0.861. The SMILES string of the molecule is COc1ccc(CCNc2ncc[nH]2)cc1. The van der Waals surface area contributed by atoms with Crippen LogP contribution in [0.2, 0.25) is 0 Å². The van der Waals surface area contributed by atoms with Gasteiger partial charge in [-0.25, -0.2) is 4.98 Å². The minimum atomic E-state index is 0.813. The van der Waals surface area contributed by atoms with Crippen LogP contribution in [0, 0.1) is 0 Å². The molecule has 0 aliphatic rings. The smallest absolute Gasteiger partial charge is 0.200 e. The van der Waals surface area contributed by atoms with Gasteiger partial charge in [0.2, 0.25) is 0 Å². The molecule has 0 radical (unpaired) electrons. The van der Waals surface area contributed by atoms with Crippen LogP contribution in [-0.4, -0.2) is 23.6 Å². The normalized spacial score (nSPS) is 10.1. The second kappa shape index (κ2) is 5.21. The molecule has 0 aliphatic carbocycles. The van der Waals surface area contributed by atoms with Crippen LogP contribution in [0.3, 0.4) is 0 Å². The molecule has 0 fully saturated rings. The van der Waals surface area contributed by atoms with Crippen molar-refractivity contribution in [3.05, 3.63) is 42.2 Å². The molecule has 0 amide bonds. The van der Waals surface area contributed by atoms with Crippen molar-refractivity contribution in [2.75, 3.05) is 19.0 Å². The van der Waals surface area contributed by atoms with E-state index in [0.717, 1.165) is 24.7 Å². The third-order valence-electron chi connectivity index (χ3n) is 2.36. The summed E-state index contributed by atoms with van der Waals surface area (Å²) in [4.78, 5) is 7.09. The molecule has 84 valence electrons. The molecule has 4 heteroatoms. The van der Waals surface area contributed by atoms with E-state index < -0.39 is 0 Å². The maximum atomic E-state index is 5.10. The standard InChI is InChI=1S/C12H15N3O/c1-16-11-4-2-10(3-5-11)6-7-13-12-14-8-9-15-12/h2-5,8-9H,6-7H2,1H3,(H2,13,14,15). The molecule has 16 heavy (non-hydrogen) atoms. The number of benzene rings is 1. The zero-order chi connectivity index (χ0) is 11.2. The lowest BCUT2D eigenvalue weighted by Gasteiger charge is -2.04. The Morgan fingerprint density at radius 3 is 2.75 bits per heavy atom. The molecule has 1 heterocycles. The van der Waals surface area contributed by atoms with Crippen LogP contribution in [-0.2, 0) is 6.42 Å². The second-order valence-corrected chi connectivity index (χ2v) is 3.46. The Morgan fingerprint density at radius 1 is 1.31 bits per heavy atom. The minimum Gasteiger partial charge on any atom is -0.497 e. The highest BCUT2D eigenvalue weighted by Crippen LogP contribution is 2.11. The molecule has 2 aromatic rings. The van der Waals surface area contributed by atoms with Gasteiger partial charge in [0.15, 0.2) is 5.95 Å². The molecule has 1 aromatic heterocycles. The Labute approximate surface area is 94.7 Å². The number of aromatic nitrogens is 2. The summed E-state index contributed by atoms with van der Waals surface area (Å²) in [5.74, 6) is 1.70. The van der Waals surface area contributed by atoms with E-state index in [1.807, 2.05) is 12.1 Å². The summed E-state index contributed by atoms with van der Waals surface area (Å²) in [6, 6.07) is 8.09. The van der Waals surface area contributed by atoms with Gasteiger partial charge in [-0.1, -0.05) is 12.1 Å². The van der Waals surface area contributed by atoms with Gasteiger partial charge in [-0.15, -0.1) is 0 Å². The summed E-state index contributed by atoms with van der Waals surface area (Å²) >= 11 is 0. The maximum absolute atomic E-state index is 5.10. The summed E-state index contributed by atoms with van der Waals surface area (Å²) in [6.07, 6.45) is 4.50. The monoisotopic (exact) mass is 217 g/mol. The Bertz CT molecular complexity index is 408. The maximum Gasteiger partial charge on any atom is 0.200 e. The molecule has 0 saturated heterocycles. The summed E-state index contributed by atoms with van der Waals surface area (Å²) in [5, 5.41) is 3.20. The van der Waals surface area contributed by atoms with Gasteiger partial charge in [0, 0.05) is 18.9 Å². The first-order chi connectivity index (χ1) is 7.88. The highest BCUT2D eigenvalue weighted by Gasteiger charge is 1.96. The minimum absolute atomic E-state index is 0.813. The van der Waals surface area contributed by atoms with Crippen molar-refractivity contribution in [1.82, 2.24) is 9.97 Å². The van der Waals surface area contributed by atoms with E-state index in [2.05, 4.69) is 27.4 Å². The Morgan fingerprint density at radius 2 is 2.12 bits per heavy atom. The molecule has 0 atom stereocenters. The molecule has 2 rings (SSSR count). The van der Waals surface area contributed by atoms with Gasteiger partial charge in [-0.3, -0.25) is 0 Å². The number of nitrogens with one attached hydrogen (secondary N) is 2. The number of rotatable bonds is 5. The number of ether oxygens (including phenoxy) is 1. The lowest BCUT2D eigenvalue weighted by Crippen LogP contribution is -2.05. The molecule has 0 saturated carbocycles. The topological polar surface area (TPSA) is 49.9 Å². The molecular weight excluding hydrogens is 202 g/mol. The van der Waals surface area contributed by atoms with E-state index in [4.69, 9.17) is 4.74 Å². The zero-order valence-corrected chi connectivity index (χ0v) is 9.23. The average Bonchev–Trinajstić information content (AvgIpc) is 2.83. The first-order valence-electron chi connectivity index (χ1n) is 5.24.